The number of nitrogens with zero attached hydrogens (tertiary/aromatic N) is 4. The van der Waals surface area contributed by atoms with E-state index in [-0.39, 0.29) is 0 Å². The summed E-state index contributed by atoms with van der Waals surface area (Å²) in [4.78, 5) is 0. The molecule has 78 valence electrons. The summed E-state index contributed by atoms with van der Waals surface area (Å²) in [5.41, 5.74) is 0. The zero-order chi connectivity index (χ0) is 9.64. The van der Waals surface area contributed by atoms with Crippen LogP contribution in [-0.4, -0.2) is 46.0 Å². The van der Waals surface area contributed by atoms with Crippen LogP contribution in [0.4, 0.5) is 0 Å². The zero-order valence-electron chi connectivity index (χ0n) is 8.09. The van der Waals surface area contributed by atoms with Gasteiger partial charge in [0.15, 0.2) is 0 Å². The van der Waals surface area contributed by atoms with Gasteiger partial charge >= 0.3 is 0 Å². The fraction of sp³-hybridized carbons (Fsp3) is 0.875. The van der Waals surface area contributed by atoms with Gasteiger partial charge < -0.3 is 10.1 Å². The van der Waals surface area contributed by atoms with Gasteiger partial charge in [-0.3, -0.25) is 0 Å². The van der Waals surface area contributed by atoms with Crippen LogP contribution < -0.4 is 5.32 Å². The molecule has 0 unspecified atom stereocenters. The van der Waals surface area contributed by atoms with Crippen LogP contribution in [0.25, 0.3) is 0 Å². The Morgan fingerprint density at radius 3 is 3.00 bits per heavy atom. The van der Waals surface area contributed by atoms with Gasteiger partial charge in [0.1, 0.15) is 6.33 Å². The number of piperidine rings is 1. The Balaban J connectivity index is 1.62. The van der Waals surface area contributed by atoms with Crippen molar-refractivity contribution in [2.75, 3.05) is 19.7 Å². The van der Waals surface area contributed by atoms with E-state index in [1.54, 1.807) is 11.0 Å². The van der Waals surface area contributed by atoms with E-state index >= 15 is 0 Å². The SMILES string of the molecule is c1nnnn1CCOC1CCNCC1. The molecule has 1 aromatic heterocycles. The average molecular weight is 197 g/mol. The van der Waals surface area contributed by atoms with Crippen LogP contribution in [0.2, 0.25) is 0 Å². The molecule has 6 nitrogen and oxygen atoms in total. The molecule has 0 aliphatic carbocycles. The molecular formula is C8H15N5O. The lowest BCUT2D eigenvalue weighted by molar-refractivity contribution is 0.0270. The van der Waals surface area contributed by atoms with Crippen LogP contribution in [0, 0.1) is 0 Å². The summed E-state index contributed by atoms with van der Waals surface area (Å²) >= 11 is 0. The third-order valence-corrected chi connectivity index (χ3v) is 2.35. The van der Waals surface area contributed by atoms with E-state index < -0.39 is 0 Å². The predicted octanol–water partition coefficient (Wildman–Crippen LogP) is -0.558. The summed E-state index contributed by atoms with van der Waals surface area (Å²) in [6.45, 7) is 3.55. The van der Waals surface area contributed by atoms with Gasteiger partial charge in [-0.05, 0) is 36.4 Å². The van der Waals surface area contributed by atoms with E-state index in [9.17, 15) is 0 Å². The van der Waals surface area contributed by atoms with Gasteiger partial charge in [-0.25, -0.2) is 4.68 Å². The second-order valence-electron chi connectivity index (χ2n) is 3.39. The standard InChI is InChI=1S/C8H15N5O/c1-3-9-4-2-8(1)14-6-5-13-7-10-11-12-13/h7-9H,1-6H2. The lowest BCUT2D eigenvalue weighted by atomic mass is 10.1. The first-order chi connectivity index (χ1) is 6.95. The van der Waals surface area contributed by atoms with E-state index in [0.717, 1.165) is 32.5 Å². The van der Waals surface area contributed by atoms with E-state index in [2.05, 4.69) is 20.8 Å². The number of nitrogens with one attached hydrogen (secondary N) is 1. The monoisotopic (exact) mass is 197 g/mol. The second-order valence-corrected chi connectivity index (χ2v) is 3.39. The molecule has 1 N–H and O–H groups in total. The van der Waals surface area contributed by atoms with Gasteiger partial charge in [-0.2, -0.15) is 0 Å². The van der Waals surface area contributed by atoms with Crippen molar-refractivity contribution in [3.63, 3.8) is 0 Å². The lowest BCUT2D eigenvalue weighted by Gasteiger charge is -2.22. The Hall–Kier alpha value is -1.01. The van der Waals surface area contributed by atoms with E-state index in [1.165, 1.54) is 0 Å². The Kier molecular flexibility index (Phi) is 3.42. The van der Waals surface area contributed by atoms with Crippen LogP contribution in [-0.2, 0) is 11.3 Å². The van der Waals surface area contributed by atoms with Crippen molar-refractivity contribution >= 4 is 0 Å². The fourth-order valence-corrected chi connectivity index (χ4v) is 1.56. The molecule has 2 rings (SSSR count). The van der Waals surface area contributed by atoms with Crippen molar-refractivity contribution in [1.82, 2.24) is 25.5 Å². The number of tetrazole rings is 1. The van der Waals surface area contributed by atoms with Crippen LogP contribution in [0.3, 0.4) is 0 Å². The van der Waals surface area contributed by atoms with Gasteiger partial charge in [-0.15, -0.1) is 5.10 Å². The van der Waals surface area contributed by atoms with Crippen molar-refractivity contribution in [3.8, 4) is 0 Å². The molecule has 1 saturated heterocycles. The normalized spacial score (nSPS) is 18.6. The van der Waals surface area contributed by atoms with Crippen LogP contribution in [0.15, 0.2) is 6.33 Å². The summed E-state index contributed by atoms with van der Waals surface area (Å²) in [6.07, 6.45) is 4.23. The van der Waals surface area contributed by atoms with Crippen molar-refractivity contribution in [1.29, 1.82) is 0 Å². The van der Waals surface area contributed by atoms with E-state index in [0.29, 0.717) is 12.7 Å². The maximum absolute atomic E-state index is 5.70. The number of rotatable bonds is 4. The Labute approximate surface area is 82.6 Å². The van der Waals surface area contributed by atoms with E-state index in [1.807, 2.05) is 0 Å². The minimum atomic E-state index is 0.410. The zero-order valence-corrected chi connectivity index (χ0v) is 8.09. The molecule has 1 aliphatic heterocycles. The molecule has 0 amide bonds. The van der Waals surface area contributed by atoms with E-state index in [4.69, 9.17) is 4.74 Å². The first kappa shape index (κ1) is 9.54. The molecule has 1 fully saturated rings. The summed E-state index contributed by atoms with van der Waals surface area (Å²) in [5, 5.41) is 14.2. The molecule has 1 aromatic rings. The number of ether oxygens (including phenoxy) is 1. The van der Waals surface area contributed by atoms with Crippen molar-refractivity contribution < 1.29 is 4.74 Å². The molecule has 2 heterocycles. The van der Waals surface area contributed by atoms with Crippen molar-refractivity contribution in [3.05, 3.63) is 6.33 Å². The molecule has 6 heteroatoms. The maximum Gasteiger partial charge on any atom is 0.138 e. The topological polar surface area (TPSA) is 64.9 Å². The Morgan fingerprint density at radius 1 is 1.43 bits per heavy atom. The number of hydrogen-bond donors (Lipinski definition) is 1. The highest BCUT2D eigenvalue weighted by molar-refractivity contribution is 4.67. The lowest BCUT2D eigenvalue weighted by Crippen LogP contribution is -2.33. The summed E-state index contributed by atoms with van der Waals surface area (Å²) < 4.78 is 7.38. The molecular weight excluding hydrogens is 182 g/mol. The molecule has 0 spiro atoms. The quantitative estimate of drug-likeness (QED) is 0.701. The molecule has 0 saturated carbocycles. The minimum Gasteiger partial charge on any atom is -0.376 e. The van der Waals surface area contributed by atoms with Crippen LogP contribution >= 0.6 is 0 Å². The molecule has 1 aliphatic rings. The van der Waals surface area contributed by atoms with Gasteiger partial charge in [0, 0.05) is 0 Å². The van der Waals surface area contributed by atoms with Gasteiger partial charge in [0.25, 0.3) is 0 Å². The van der Waals surface area contributed by atoms with Crippen LogP contribution in [0.5, 0.6) is 0 Å². The average Bonchev–Trinajstić information content (AvgIpc) is 2.72. The van der Waals surface area contributed by atoms with Gasteiger partial charge in [-0.1, -0.05) is 0 Å². The fourth-order valence-electron chi connectivity index (χ4n) is 1.56. The predicted molar refractivity (Wildman–Crippen MR) is 49.7 cm³/mol. The van der Waals surface area contributed by atoms with Crippen LogP contribution in [0.1, 0.15) is 12.8 Å². The summed E-state index contributed by atoms with van der Waals surface area (Å²) in [6, 6.07) is 0. The number of hydrogen-bond acceptors (Lipinski definition) is 5. The molecule has 0 aromatic carbocycles. The second kappa shape index (κ2) is 5.02. The van der Waals surface area contributed by atoms with Gasteiger partial charge in [0.2, 0.25) is 0 Å². The largest absolute Gasteiger partial charge is 0.376 e. The third kappa shape index (κ3) is 2.74. The first-order valence-corrected chi connectivity index (χ1v) is 4.98. The highest BCUT2D eigenvalue weighted by atomic mass is 16.5. The highest BCUT2D eigenvalue weighted by Gasteiger charge is 2.12. The maximum atomic E-state index is 5.70. The summed E-state index contributed by atoms with van der Waals surface area (Å²) in [5.74, 6) is 0. The first-order valence-electron chi connectivity index (χ1n) is 4.98. The molecule has 0 radical (unpaired) electrons. The molecule has 14 heavy (non-hydrogen) atoms. The Bertz CT molecular complexity index is 244. The number of aromatic nitrogens is 4. The smallest absolute Gasteiger partial charge is 0.138 e. The minimum absolute atomic E-state index is 0.410. The highest BCUT2D eigenvalue weighted by Crippen LogP contribution is 2.06. The summed E-state index contributed by atoms with van der Waals surface area (Å²) in [7, 11) is 0. The van der Waals surface area contributed by atoms with Gasteiger partial charge in [0.05, 0.1) is 19.3 Å². The molecule has 0 bridgehead atoms. The van der Waals surface area contributed by atoms with Crippen molar-refractivity contribution in [2.45, 2.75) is 25.5 Å². The van der Waals surface area contributed by atoms with Crippen molar-refractivity contribution in [2.24, 2.45) is 0 Å². The third-order valence-electron chi connectivity index (χ3n) is 2.35. The Morgan fingerprint density at radius 2 is 2.29 bits per heavy atom. The molecule has 0 atom stereocenters.